The van der Waals surface area contributed by atoms with Crippen LogP contribution in [-0.4, -0.2) is 51.6 Å². The van der Waals surface area contributed by atoms with Crippen LogP contribution in [0.3, 0.4) is 0 Å². The van der Waals surface area contributed by atoms with Crippen molar-refractivity contribution in [3.63, 3.8) is 0 Å². The Kier molecular flexibility index (Phi) is 8.15. The average Bonchev–Trinajstić information content (AvgIpc) is 2.25. The van der Waals surface area contributed by atoms with E-state index in [-0.39, 0.29) is 12.6 Å². The van der Waals surface area contributed by atoms with Gasteiger partial charge >= 0.3 is 5.97 Å². The second-order valence-corrected chi connectivity index (χ2v) is 3.63. The molecule has 1 atom stereocenters. The van der Waals surface area contributed by atoms with Gasteiger partial charge in [0.15, 0.2) is 0 Å². The molecule has 0 bridgehead atoms. The third kappa shape index (κ3) is 5.44. The van der Waals surface area contributed by atoms with Crippen molar-refractivity contribution < 1.29 is 19.0 Å². The Bertz CT molecular complexity index is 198. The van der Waals surface area contributed by atoms with E-state index in [2.05, 4.69) is 5.32 Å². The SMILES string of the molecule is CCNC(C)(COCCOC)C(=O)OCC. The summed E-state index contributed by atoms with van der Waals surface area (Å²) in [6.07, 6.45) is 0. The van der Waals surface area contributed by atoms with Crippen molar-refractivity contribution in [1.29, 1.82) is 0 Å². The second-order valence-electron chi connectivity index (χ2n) is 3.63. The van der Waals surface area contributed by atoms with Crippen molar-refractivity contribution in [3.8, 4) is 0 Å². The minimum absolute atomic E-state index is 0.281. The second kappa shape index (κ2) is 8.50. The van der Waals surface area contributed by atoms with Crippen molar-refractivity contribution in [2.24, 2.45) is 0 Å². The number of esters is 1. The lowest BCUT2D eigenvalue weighted by molar-refractivity contribution is -0.153. The zero-order chi connectivity index (χ0) is 12.4. The summed E-state index contributed by atoms with van der Waals surface area (Å²) in [6, 6.07) is 0. The quantitative estimate of drug-likeness (QED) is 0.466. The van der Waals surface area contributed by atoms with Crippen LogP contribution in [0.15, 0.2) is 0 Å². The van der Waals surface area contributed by atoms with Gasteiger partial charge in [-0.3, -0.25) is 0 Å². The number of carbonyl (C=O) groups is 1. The lowest BCUT2D eigenvalue weighted by Crippen LogP contribution is -2.54. The van der Waals surface area contributed by atoms with Gasteiger partial charge in [-0.05, 0) is 20.4 Å². The van der Waals surface area contributed by atoms with Crippen molar-refractivity contribution in [2.45, 2.75) is 26.3 Å². The minimum Gasteiger partial charge on any atom is -0.465 e. The normalized spacial score (nSPS) is 14.5. The van der Waals surface area contributed by atoms with E-state index in [1.807, 2.05) is 6.92 Å². The largest absolute Gasteiger partial charge is 0.465 e. The zero-order valence-corrected chi connectivity index (χ0v) is 10.7. The summed E-state index contributed by atoms with van der Waals surface area (Å²) in [5.41, 5.74) is -0.779. The summed E-state index contributed by atoms with van der Waals surface area (Å²) < 4.78 is 15.2. The first-order valence-corrected chi connectivity index (χ1v) is 5.59. The van der Waals surface area contributed by atoms with Crippen LogP contribution in [0.5, 0.6) is 0 Å². The highest BCUT2D eigenvalue weighted by molar-refractivity contribution is 5.80. The van der Waals surface area contributed by atoms with Crippen molar-refractivity contribution in [1.82, 2.24) is 5.32 Å². The standard InChI is InChI=1S/C11H23NO4/c1-5-12-11(3,10(13)16-6-2)9-15-8-7-14-4/h12H,5-9H2,1-4H3. The number of nitrogens with one attached hydrogen (secondary N) is 1. The molecule has 0 aliphatic heterocycles. The van der Waals surface area contributed by atoms with Crippen molar-refractivity contribution in [3.05, 3.63) is 0 Å². The Hall–Kier alpha value is -0.650. The molecular formula is C11H23NO4. The minimum atomic E-state index is -0.779. The fourth-order valence-electron chi connectivity index (χ4n) is 1.28. The van der Waals surface area contributed by atoms with Gasteiger partial charge < -0.3 is 19.5 Å². The molecule has 0 aliphatic carbocycles. The average molecular weight is 233 g/mol. The van der Waals surface area contributed by atoms with E-state index in [0.29, 0.717) is 26.4 Å². The number of carbonyl (C=O) groups excluding carboxylic acids is 1. The summed E-state index contributed by atoms with van der Waals surface area (Å²) >= 11 is 0. The molecule has 0 heterocycles. The monoisotopic (exact) mass is 233 g/mol. The zero-order valence-electron chi connectivity index (χ0n) is 10.7. The lowest BCUT2D eigenvalue weighted by atomic mass is 10.0. The molecule has 0 amide bonds. The summed E-state index contributed by atoms with van der Waals surface area (Å²) in [5, 5.41) is 3.08. The Morgan fingerprint density at radius 3 is 2.50 bits per heavy atom. The Morgan fingerprint density at radius 2 is 2.00 bits per heavy atom. The summed E-state index contributed by atoms with van der Waals surface area (Å²) in [4.78, 5) is 11.7. The molecule has 16 heavy (non-hydrogen) atoms. The van der Waals surface area contributed by atoms with Crippen molar-refractivity contribution >= 4 is 5.97 Å². The molecule has 1 N–H and O–H groups in total. The molecule has 5 heteroatoms. The van der Waals surface area contributed by atoms with E-state index in [1.165, 1.54) is 0 Å². The maximum Gasteiger partial charge on any atom is 0.328 e. The molecule has 0 saturated heterocycles. The lowest BCUT2D eigenvalue weighted by Gasteiger charge is -2.27. The van der Waals surface area contributed by atoms with E-state index in [4.69, 9.17) is 14.2 Å². The molecule has 1 unspecified atom stereocenters. The first-order chi connectivity index (χ1) is 7.60. The number of methoxy groups -OCH3 is 1. The molecule has 0 radical (unpaired) electrons. The number of rotatable bonds is 9. The maximum atomic E-state index is 11.7. The molecule has 0 fully saturated rings. The Balaban J connectivity index is 4.15. The van der Waals surface area contributed by atoms with E-state index in [1.54, 1.807) is 21.0 Å². The third-order valence-electron chi connectivity index (χ3n) is 2.12. The van der Waals surface area contributed by atoms with Crippen LogP contribution in [-0.2, 0) is 19.0 Å². The number of hydrogen-bond donors (Lipinski definition) is 1. The van der Waals surface area contributed by atoms with E-state index < -0.39 is 5.54 Å². The molecule has 5 nitrogen and oxygen atoms in total. The Labute approximate surface area is 97.4 Å². The van der Waals surface area contributed by atoms with Gasteiger partial charge in [-0.15, -0.1) is 0 Å². The van der Waals surface area contributed by atoms with Gasteiger partial charge in [0.1, 0.15) is 5.54 Å². The fraction of sp³-hybridized carbons (Fsp3) is 0.909. The van der Waals surface area contributed by atoms with Gasteiger partial charge in [-0.2, -0.15) is 0 Å². The van der Waals surface area contributed by atoms with Gasteiger partial charge in [0, 0.05) is 7.11 Å². The highest BCUT2D eigenvalue weighted by atomic mass is 16.5. The molecule has 0 aliphatic rings. The molecule has 0 aromatic rings. The first-order valence-electron chi connectivity index (χ1n) is 5.59. The Morgan fingerprint density at radius 1 is 1.31 bits per heavy atom. The van der Waals surface area contributed by atoms with Crippen LogP contribution in [0.2, 0.25) is 0 Å². The van der Waals surface area contributed by atoms with E-state index in [9.17, 15) is 4.79 Å². The highest BCUT2D eigenvalue weighted by Crippen LogP contribution is 2.07. The predicted molar refractivity (Wildman–Crippen MR) is 61.4 cm³/mol. The summed E-state index contributed by atoms with van der Waals surface area (Å²) in [5.74, 6) is -0.283. The fourth-order valence-corrected chi connectivity index (χ4v) is 1.28. The van der Waals surface area contributed by atoms with Gasteiger partial charge in [0.05, 0.1) is 26.4 Å². The smallest absolute Gasteiger partial charge is 0.328 e. The van der Waals surface area contributed by atoms with Gasteiger partial charge in [-0.25, -0.2) is 4.79 Å². The van der Waals surface area contributed by atoms with Crippen LogP contribution in [0.4, 0.5) is 0 Å². The molecular weight excluding hydrogens is 210 g/mol. The first kappa shape index (κ1) is 15.3. The highest BCUT2D eigenvalue weighted by Gasteiger charge is 2.34. The molecule has 0 aromatic heterocycles. The maximum absolute atomic E-state index is 11.7. The van der Waals surface area contributed by atoms with Crippen LogP contribution in [0.25, 0.3) is 0 Å². The van der Waals surface area contributed by atoms with Crippen molar-refractivity contribution in [2.75, 3.05) is 40.1 Å². The summed E-state index contributed by atoms with van der Waals surface area (Å²) in [7, 11) is 1.61. The molecule has 0 spiro atoms. The van der Waals surface area contributed by atoms with Crippen LogP contribution < -0.4 is 5.32 Å². The topological polar surface area (TPSA) is 56.8 Å². The van der Waals surface area contributed by atoms with Gasteiger partial charge in [0.2, 0.25) is 0 Å². The number of hydrogen-bond acceptors (Lipinski definition) is 5. The van der Waals surface area contributed by atoms with E-state index >= 15 is 0 Å². The third-order valence-corrected chi connectivity index (χ3v) is 2.12. The summed E-state index contributed by atoms with van der Waals surface area (Å²) in [6.45, 7) is 7.83. The number of ether oxygens (including phenoxy) is 3. The predicted octanol–water partition coefficient (Wildman–Crippen LogP) is 0.581. The molecule has 96 valence electrons. The molecule has 0 rings (SSSR count). The van der Waals surface area contributed by atoms with Gasteiger partial charge in [-0.1, -0.05) is 6.92 Å². The molecule has 0 saturated carbocycles. The van der Waals surface area contributed by atoms with Crippen LogP contribution >= 0.6 is 0 Å². The number of likely N-dealkylation sites (N-methyl/N-ethyl adjacent to an activating group) is 1. The van der Waals surface area contributed by atoms with E-state index in [0.717, 1.165) is 0 Å². The van der Waals surface area contributed by atoms with Gasteiger partial charge in [0.25, 0.3) is 0 Å². The molecule has 0 aromatic carbocycles. The van der Waals surface area contributed by atoms with Crippen LogP contribution in [0, 0.1) is 0 Å². The van der Waals surface area contributed by atoms with Crippen LogP contribution in [0.1, 0.15) is 20.8 Å².